The highest BCUT2D eigenvalue weighted by atomic mass is 35.5. The number of amides is 2. The maximum absolute atomic E-state index is 12.6. The maximum atomic E-state index is 12.6. The lowest BCUT2D eigenvalue weighted by molar-refractivity contribution is -0.134. The lowest BCUT2D eigenvalue weighted by Crippen LogP contribution is -2.64. The minimum absolute atomic E-state index is 0.0439. The molecule has 5 heteroatoms. The Hall–Kier alpha value is -1.55. The largest absolute Gasteiger partial charge is 0.342 e. The SMILES string of the molecule is Cc1ccc(N2C(=O)C(C(C)C)NC(=O)C2C)cc1Cl. The predicted molar refractivity (Wildman–Crippen MR) is 79.9 cm³/mol. The fourth-order valence-electron chi connectivity index (χ4n) is 2.33. The van der Waals surface area contributed by atoms with Gasteiger partial charge in [0.1, 0.15) is 12.1 Å². The number of halogens is 1. The zero-order chi connectivity index (χ0) is 15.0. The second-order valence-corrected chi connectivity index (χ2v) is 5.96. The summed E-state index contributed by atoms with van der Waals surface area (Å²) in [6, 6.07) is 4.40. The summed E-state index contributed by atoms with van der Waals surface area (Å²) in [7, 11) is 0. The number of nitrogens with one attached hydrogen (secondary N) is 1. The van der Waals surface area contributed by atoms with Crippen LogP contribution in [-0.2, 0) is 9.59 Å². The van der Waals surface area contributed by atoms with Crippen LogP contribution in [0.25, 0.3) is 0 Å². The molecule has 20 heavy (non-hydrogen) atoms. The Labute approximate surface area is 124 Å². The van der Waals surface area contributed by atoms with Crippen molar-refractivity contribution in [2.45, 2.75) is 39.8 Å². The number of hydrogen-bond donors (Lipinski definition) is 1. The number of benzene rings is 1. The summed E-state index contributed by atoms with van der Waals surface area (Å²) in [5.74, 6) is -0.186. The van der Waals surface area contributed by atoms with Crippen LogP contribution >= 0.6 is 11.6 Å². The molecular weight excluding hydrogens is 276 g/mol. The van der Waals surface area contributed by atoms with E-state index in [0.29, 0.717) is 10.7 Å². The Morgan fingerprint density at radius 2 is 1.95 bits per heavy atom. The second kappa shape index (κ2) is 5.44. The van der Waals surface area contributed by atoms with E-state index in [9.17, 15) is 9.59 Å². The Morgan fingerprint density at radius 1 is 1.30 bits per heavy atom. The van der Waals surface area contributed by atoms with Gasteiger partial charge in [0, 0.05) is 10.7 Å². The predicted octanol–water partition coefficient (Wildman–Crippen LogP) is 2.52. The summed E-state index contributed by atoms with van der Waals surface area (Å²) < 4.78 is 0. The van der Waals surface area contributed by atoms with Crippen LogP contribution in [0, 0.1) is 12.8 Å². The molecule has 0 aromatic heterocycles. The van der Waals surface area contributed by atoms with Crippen LogP contribution in [0.15, 0.2) is 18.2 Å². The van der Waals surface area contributed by atoms with Crippen molar-refractivity contribution in [3.63, 3.8) is 0 Å². The fraction of sp³-hybridized carbons (Fsp3) is 0.467. The van der Waals surface area contributed by atoms with Gasteiger partial charge in [-0.25, -0.2) is 0 Å². The van der Waals surface area contributed by atoms with E-state index < -0.39 is 12.1 Å². The third kappa shape index (κ3) is 2.52. The Balaban J connectivity index is 2.43. The number of nitrogens with zero attached hydrogens (tertiary/aromatic N) is 1. The smallest absolute Gasteiger partial charge is 0.250 e. The van der Waals surface area contributed by atoms with E-state index in [1.165, 1.54) is 4.90 Å². The van der Waals surface area contributed by atoms with Crippen LogP contribution in [0.4, 0.5) is 5.69 Å². The lowest BCUT2D eigenvalue weighted by atomic mass is 9.97. The van der Waals surface area contributed by atoms with Crippen molar-refractivity contribution in [3.8, 4) is 0 Å². The quantitative estimate of drug-likeness (QED) is 0.911. The molecule has 108 valence electrons. The average Bonchev–Trinajstić information content (AvgIpc) is 2.38. The van der Waals surface area contributed by atoms with Gasteiger partial charge in [0.25, 0.3) is 5.91 Å². The molecule has 2 atom stereocenters. The van der Waals surface area contributed by atoms with E-state index in [0.717, 1.165) is 5.56 Å². The minimum Gasteiger partial charge on any atom is -0.342 e. The molecule has 2 unspecified atom stereocenters. The van der Waals surface area contributed by atoms with Crippen molar-refractivity contribution in [1.29, 1.82) is 0 Å². The molecule has 1 aromatic rings. The molecule has 0 aliphatic carbocycles. The standard InChI is InChI=1S/C15H19ClN2O2/c1-8(2)13-15(20)18(10(4)14(19)17-13)11-6-5-9(3)12(16)7-11/h5-8,10,13H,1-4H3,(H,17,19). The van der Waals surface area contributed by atoms with E-state index in [-0.39, 0.29) is 17.7 Å². The van der Waals surface area contributed by atoms with Crippen LogP contribution in [0.5, 0.6) is 0 Å². The number of rotatable bonds is 2. The summed E-state index contributed by atoms with van der Waals surface area (Å²) in [6.07, 6.45) is 0. The summed E-state index contributed by atoms with van der Waals surface area (Å²) in [6.45, 7) is 7.45. The van der Waals surface area contributed by atoms with E-state index in [2.05, 4.69) is 5.32 Å². The number of hydrogen-bond acceptors (Lipinski definition) is 2. The van der Waals surface area contributed by atoms with E-state index >= 15 is 0 Å². The zero-order valence-corrected chi connectivity index (χ0v) is 12.9. The molecular formula is C15H19ClN2O2. The topological polar surface area (TPSA) is 49.4 Å². The summed E-state index contributed by atoms with van der Waals surface area (Å²) in [5, 5.41) is 3.37. The van der Waals surface area contributed by atoms with Crippen molar-refractivity contribution in [1.82, 2.24) is 5.32 Å². The van der Waals surface area contributed by atoms with Gasteiger partial charge < -0.3 is 5.32 Å². The molecule has 2 rings (SSSR count). The first kappa shape index (κ1) is 14.9. The number of piperazine rings is 1. The van der Waals surface area contributed by atoms with Crippen LogP contribution in [0.3, 0.4) is 0 Å². The van der Waals surface area contributed by atoms with Gasteiger partial charge in [0.05, 0.1) is 0 Å². The molecule has 0 saturated carbocycles. The molecule has 2 amide bonds. The number of aryl methyl sites for hydroxylation is 1. The lowest BCUT2D eigenvalue weighted by Gasteiger charge is -2.38. The average molecular weight is 295 g/mol. The minimum atomic E-state index is -0.531. The molecule has 4 nitrogen and oxygen atoms in total. The van der Waals surface area contributed by atoms with E-state index in [1.54, 1.807) is 13.0 Å². The fourth-order valence-corrected chi connectivity index (χ4v) is 2.50. The third-order valence-corrected chi connectivity index (χ3v) is 4.08. The molecule has 1 saturated heterocycles. The van der Waals surface area contributed by atoms with Crippen LogP contribution in [0.1, 0.15) is 26.3 Å². The van der Waals surface area contributed by atoms with Crippen molar-refractivity contribution >= 4 is 29.1 Å². The highest BCUT2D eigenvalue weighted by molar-refractivity contribution is 6.31. The van der Waals surface area contributed by atoms with Gasteiger partial charge in [0.2, 0.25) is 5.91 Å². The number of carbonyl (C=O) groups is 2. The molecule has 1 N–H and O–H groups in total. The van der Waals surface area contributed by atoms with Crippen molar-refractivity contribution in [3.05, 3.63) is 28.8 Å². The third-order valence-electron chi connectivity index (χ3n) is 3.67. The zero-order valence-electron chi connectivity index (χ0n) is 12.1. The van der Waals surface area contributed by atoms with Crippen LogP contribution in [0.2, 0.25) is 5.02 Å². The first-order chi connectivity index (χ1) is 9.32. The highest BCUT2D eigenvalue weighted by Crippen LogP contribution is 2.27. The molecule has 0 spiro atoms. The van der Waals surface area contributed by atoms with Gasteiger partial charge >= 0.3 is 0 Å². The second-order valence-electron chi connectivity index (χ2n) is 5.55. The molecule has 0 bridgehead atoms. The van der Waals surface area contributed by atoms with Gasteiger partial charge in [-0.3, -0.25) is 14.5 Å². The Kier molecular flexibility index (Phi) is 4.04. The summed E-state index contributed by atoms with van der Waals surface area (Å²) in [4.78, 5) is 26.2. The van der Waals surface area contributed by atoms with E-state index in [1.807, 2.05) is 32.9 Å². The first-order valence-electron chi connectivity index (χ1n) is 6.72. The van der Waals surface area contributed by atoms with Crippen LogP contribution in [-0.4, -0.2) is 23.9 Å². The summed E-state index contributed by atoms with van der Waals surface area (Å²) in [5.41, 5.74) is 1.61. The molecule has 0 radical (unpaired) electrons. The molecule has 1 aliphatic heterocycles. The van der Waals surface area contributed by atoms with Gasteiger partial charge in [-0.1, -0.05) is 31.5 Å². The molecule has 1 heterocycles. The molecule has 1 aromatic carbocycles. The van der Waals surface area contributed by atoms with Crippen molar-refractivity contribution in [2.75, 3.05) is 4.90 Å². The Bertz CT molecular complexity index is 557. The van der Waals surface area contributed by atoms with Gasteiger partial charge in [-0.2, -0.15) is 0 Å². The van der Waals surface area contributed by atoms with Gasteiger partial charge in [-0.15, -0.1) is 0 Å². The van der Waals surface area contributed by atoms with Crippen molar-refractivity contribution in [2.24, 2.45) is 5.92 Å². The maximum Gasteiger partial charge on any atom is 0.250 e. The highest BCUT2D eigenvalue weighted by Gasteiger charge is 2.40. The van der Waals surface area contributed by atoms with E-state index in [4.69, 9.17) is 11.6 Å². The monoisotopic (exact) mass is 294 g/mol. The number of carbonyl (C=O) groups excluding carboxylic acids is 2. The number of anilines is 1. The normalized spacial score (nSPS) is 23.2. The van der Waals surface area contributed by atoms with Gasteiger partial charge in [-0.05, 0) is 37.5 Å². The molecule has 1 fully saturated rings. The van der Waals surface area contributed by atoms with Crippen LogP contribution < -0.4 is 10.2 Å². The summed E-state index contributed by atoms with van der Waals surface area (Å²) >= 11 is 6.13. The first-order valence-corrected chi connectivity index (χ1v) is 7.10. The Morgan fingerprint density at radius 3 is 2.50 bits per heavy atom. The molecule has 1 aliphatic rings. The van der Waals surface area contributed by atoms with Gasteiger partial charge in [0.15, 0.2) is 0 Å². The van der Waals surface area contributed by atoms with Crippen molar-refractivity contribution < 1.29 is 9.59 Å².